The van der Waals surface area contributed by atoms with Crippen LogP contribution in [-0.2, 0) is 4.79 Å². The average Bonchev–Trinajstić information content (AvgIpc) is 2.35. The van der Waals surface area contributed by atoms with Crippen LogP contribution in [0.3, 0.4) is 0 Å². The summed E-state index contributed by atoms with van der Waals surface area (Å²) in [7, 11) is 1.87. The summed E-state index contributed by atoms with van der Waals surface area (Å²) in [6.45, 7) is 0.844. The van der Waals surface area contributed by atoms with Crippen molar-refractivity contribution in [2.45, 2.75) is 24.8 Å². The largest absolute Gasteiger partial charge is 0.480 e. The molecule has 100 valence electrons. The average molecular weight is 271 g/mol. The normalized spacial score (nSPS) is 14.2. The van der Waals surface area contributed by atoms with Crippen LogP contribution in [0.2, 0.25) is 5.02 Å². The van der Waals surface area contributed by atoms with Crippen molar-refractivity contribution in [3.8, 4) is 0 Å². The molecule has 0 spiro atoms. The summed E-state index contributed by atoms with van der Waals surface area (Å²) in [6, 6.07) is 6.32. The molecule has 4 N–H and O–H groups in total. The maximum absolute atomic E-state index is 11.0. The molecule has 0 amide bonds. The summed E-state index contributed by atoms with van der Waals surface area (Å²) in [5.74, 6) is -1.16. The van der Waals surface area contributed by atoms with Crippen LogP contribution in [0.4, 0.5) is 0 Å². The Bertz CT molecular complexity index is 381. The summed E-state index contributed by atoms with van der Waals surface area (Å²) in [5.41, 5.74) is 6.68. The molecule has 0 saturated heterocycles. The molecule has 4 nitrogen and oxygen atoms in total. The van der Waals surface area contributed by atoms with Crippen LogP contribution in [0.1, 0.15) is 24.3 Å². The van der Waals surface area contributed by atoms with Crippen LogP contribution in [0.25, 0.3) is 0 Å². The number of carboxylic acid groups (broad SMARTS) is 1. The SMILES string of the molecule is CNCCCC(c1ccc(Cl)cc1)C(N)C(=O)O. The number of nitrogens with two attached hydrogens (primary N) is 1. The third-order valence-electron chi connectivity index (χ3n) is 2.96. The summed E-state index contributed by atoms with van der Waals surface area (Å²) in [6.07, 6.45) is 1.61. The van der Waals surface area contributed by atoms with Gasteiger partial charge in [-0.2, -0.15) is 0 Å². The third kappa shape index (κ3) is 4.29. The second kappa shape index (κ2) is 7.36. The monoisotopic (exact) mass is 270 g/mol. The van der Waals surface area contributed by atoms with Crippen molar-refractivity contribution in [3.63, 3.8) is 0 Å². The van der Waals surface area contributed by atoms with Crippen molar-refractivity contribution in [2.24, 2.45) is 5.73 Å². The number of halogens is 1. The van der Waals surface area contributed by atoms with Crippen LogP contribution in [0.15, 0.2) is 24.3 Å². The van der Waals surface area contributed by atoms with Crippen molar-refractivity contribution >= 4 is 17.6 Å². The predicted octanol–water partition coefficient (Wildman–Crippen LogP) is 1.84. The summed E-state index contributed by atoms with van der Waals surface area (Å²) in [5, 5.41) is 12.7. The molecular weight excluding hydrogens is 252 g/mol. The number of carbonyl (C=O) groups is 1. The lowest BCUT2D eigenvalue weighted by atomic mass is 9.88. The van der Waals surface area contributed by atoms with Gasteiger partial charge in [0.25, 0.3) is 0 Å². The molecular formula is C13H19ClN2O2. The van der Waals surface area contributed by atoms with Crippen molar-refractivity contribution in [3.05, 3.63) is 34.9 Å². The van der Waals surface area contributed by atoms with E-state index >= 15 is 0 Å². The van der Waals surface area contributed by atoms with E-state index in [-0.39, 0.29) is 5.92 Å². The second-order valence-electron chi connectivity index (χ2n) is 4.27. The first-order valence-corrected chi connectivity index (χ1v) is 6.32. The van der Waals surface area contributed by atoms with Gasteiger partial charge in [-0.15, -0.1) is 0 Å². The fourth-order valence-corrected chi connectivity index (χ4v) is 2.06. The minimum absolute atomic E-state index is 0.187. The maximum Gasteiger partial charge on any atom is 0.321 e. The van der Waals surface area contributed by atoms with Gasteiger partial charge in [-0.3, -0.25) is 4.79 Å². The van der Waals surface area contributed by atoms with Crippen molar-refractivity contribution in [2.75, 3.05) is 13.6 Å². The van der Waals surface area contributed by atoms with Gasteiger partial charge in [0.2, 0.25) is 0 Å². The van der Waals surface area contributed by atoms with Gasteiger partial charge in [0.1, 0.15) is 6.04 Å². The molecule has 0 aromatic heterocycles. The lowest BCUT2D eigenvalue weighted by molar-refractivity contribution is -0.139. The van der Waals surface area contributed by atoms with Crippen molar-refractivity contribution in [1.82, 2.24) is 5.32 Å². The minimum atomic E-state index is -0.973. The van der Waals surface area contributed by atoms with Crippen LogP contribution < -0.4 is 11.1 Å². The molecule has 0 heterocycles. The van der Waals surface area contributed by atoms with Crippen LogP contribution in [-0.4, -0.2) is 30.7 Å². The van der Waals surface area contributed by atoms with E-state index in [0.717, 1.165) is 24.9 Å². The fourth-order valence-electron chi connectivity index (χ4n) is 1.93. The molecule has 0 aliphatic rings. The second-order valence-corrected chi connectivity index (χ2v) is 4.70. The minimum Gasteiger partial charge on any atom is -0.480 e. The molecule has 0 saturated carbocycles. The first kappa shape index (κ1) is 15.0. The molecule has 1 aromatic rings. The molecule has 0 radical (unpaired) electrons. The maximum atomic E-state index is 11.0. The molecule has 0 bridgehead atoms. The first-order valence-electron chi connectivity index (χ1n) is 5.94. The Morgan fingerprint density at radius 2 is 2.06 bits per heavy atom. The molecule has 1 aromatic carbocycles. The number of hydrogen-bond acceptors (Lipinski definition) is 3. The first-order chi connectivity index (χ1) is 8.56. The Morgan fingerprint density at radius 1 is 1.44 bits per heavy atom. The third-order valence-corrected chi connectivity index (χ3v) is 3.21. The molecule has 2 unspecified atom stereocenters. The summed E-state index contributed by atoms with van der Waals surface area (Å²) < 4.78 is 0. The fraction of sp³-hybridized carbons (Fsp3) is 0.462. The number of aliphatic carboxylic acids is 1. The molecule has 1 rings (SSSR count). The van der Waals surface area contributed by atoms with Crippen LogP contribution in [0.5, 0.6) is 0 Å². The van der Waals surface area contributed by atoms with Gasteiger partial charge in [0.15, 0.2) is 0 Å². The van der Waals surface area contributed by atoms with E-state index in [1.54, 1.807) is 12.1 Å². The van der Waals surface area contributed by atoms with Gasteiger partial charge in [-0.1, -0.05) is 23.7 Å². The molecule has 5 heteroatoms. The lowest BCUT2D eigenvalue weighted by Crippen LogP contribution is -2.36. The molecule has 0 aliphatic heterocycles. The quantitative estimate of drug-likeness (QED) is 0.661. The van der Waals surface area contributed by atoms with E-state index in [2.05, 4.69) is 5.32 Å². The summed E-state index contributed by atoms with van der Waals surface area (Å²) in [4.78, 5) is 11.0. The number of nitrogens with one attached hydrogen (secondary N) is 1. The Labute approximate surface area is 112 Å². The topological polar surface area (TPSA) is 75.3 Å². The Hall–Kier alpha value is -1.10. The van der Waals surface area contributed by atoms with Crippen LogP contribution >= 0.6 is 11.6 Å². The van der Waals surface area contributed by atoms with Gasteiger partial charge in [0.05, 0.1) is 0 Å². The van der Waals surface area contributed by atoms with E-state index in [1.165, 1.54) is 0 Å². The van der Waals surface area contributed by atoms with Crippen LogP contribution in [0, 0.1) is 0 Å². The van der Waals surface area contributed by atoms with Crippen molar-refractivity contribution < 1.29 is 9.90 Å². The molecule has 0 fully saturated rings. The Balaban J connectivity index is 2.82. The van der Waals surface area contributed by atoms with E-state index in [1.807, 2.05) is 19.2 Å². The smallest absolute Gasteiger partial charge is 0.321 e. The highest BCUT2D eigenvalue weighted by Crippen LogP contribution is 2.25. The van der Waals surface area contributed by atoms with E-state index in [0.29, 0.717) is 5.02 Å². The number of hydrogen-bond donors (Lipinski definition) is 3. The number of carboxylic acids is 1. The van der Waals surface area contributed by atoms with E-state index < -0.39 is 12.0 Å². The highest BCUT2D eigenvalue weighted by atomic mass is 35.5. The van der Waals surface area contributed by atoms with Crippen molar-refractivity contribution in [1.29, 1.82) is 0 Å². The van der Waals surface area contributed by atoms with Gasteiger partial charge in [0, 0.05) is 10.9 Å². The van der Waals surface area contributed by atoms with Gasteiger partial charge in [-0.05, 0) is 44.1 Å². The van der Waals surface area contributed by atoms with E-state index in [4.69, 9.17) is 22.4 Å². The highest BCUT2D eigenvalue weighted by Gasteiger charge is 2.25. The van der Waals surface area contributed by atoms with Gasteiger partial charge >= 0.3 is 5.97 Å². The zero-order chi connectivity index (χ0) is 13.5. The zero-order valence-corrected chi connectivity index (χ0v) is 11.2. The Kier molecular flexibility index (Phi) is 6.12. The number of benzene rings is 1. The zero-order valence-electron chi connectivity index (χ0n) is 10.4. The summed E-state index contributed by atoms with van der Waals surface area (Å²) >= 11 is 5.83. The Morgan fingerprint density at radius 3 is 2.56 bits per heavy atom. The molecule has 2 atom stereocenters. The predicted molar refractivity (Wildman–Crippen MR) is 73.0 cm³/mol. The highest BCUT2D eigenvalue weighted by molar-refractivity contribution is 6.30. The van der Waals surface area contributed by atoms with Gasteiger partial charge < -0.3 is 16.2 Å². The molecule has 0 aliphatic carbocycles. The lowest BCUT2D eigenvalue weighted by Gasteiger charge is -2.21. The van der Waals surface area contributed by atoms with Gasteiger partial charge in [-0.25, -0.2) is 0 Å². The van der Waals surface area contributed by atoms with E-state index in [9.17, 15) is 4.79 Å². The standard InChI is InChI=1S/C13H19ClN2O2/c1-16-8-2-3-11(12(15)13(17)18)9-4-6-10(14)7-5-9/h4-7,11-12,16H,2-3,8,15H2,1H3,(H,17,18). The number of rotatable bonds is 7. The molecule has 18 heavy (non-hydrogen) atoms.